The number of nitrogens with one attached hydrogen (secondary N) is 2. The van der Waals surface area contributed by atoms with Gasteiger partial charge in [-0.15, -0.1) is 0 Å². The number of rotatable bonds is 5. The molecule has 0 aromatic heterocycles. The zero-order chi connectivity index (χ0) is 15.2. The van der Waals surface area contributed by atoms with Crippen LogP contribution in [0, 0.1) is 11.2 Å². The molecule has 110 valence electrons. The van der Waals surface area contributed by atoms with E-state index < -0.39 is 5.41 Å². The molecule has 0 aliphatic carbocycles. The molecule has 20 heavy (non-hydrogen) atoms. The van der Waals surface area contributed by atoms with E-state index in [4.69, 9.17) is 0 Å². The van der Waals surface area contributed by atoms with Gasteiger partial charge in [0.1, 0.15) is 5.82 Å². The first-order chi connectivity index (χ1) is 9.29. The normalized spacial score (nSPS) is 11.0. The number of hydrogen-bond acceptors (Lipinski definition) is 2. The van der Waals surface area contributed by atoms with Gasteiger partial charge in [0.2, 0.25) is 11.8 Å². The van der Waals surface area contributed by atoms with E-state index in [1.807, 2.05) is 20.8 Å². The van der Waals surface area contributed by atoms with Gasteiger partial charge in [0.25, 0.3) is 0 Å². The third-order valence-corrected chi connectivity index (χ3v) is 2.66. The summed E-state index contributed by atoms with van der Waals surface area (Å²) >= 11 is 0. The highest BCUT2D eigenvalue weighted by molar-refractivity contribution is 5.90. The summed E-state index contributed by atoms with van der Waals surface area (Å²) in [4.78, 5) is 23.2. The summed E-state index contributed by atoms with van der Waals surface area (Å²) in [5.74, 6) is -0.621. The highest BCUT2D eigenvalue weighted by Gasteiger charge is 2.20. The van der Waals surface area contributed by atoms with Gasteiger partial charge in [0.05, 0.1) is 0 Å². The van der Waals surface area contributed by atoms with Crippen LogP contribution < -0.4 is 10.6 Å². The number of hydrogen-bond donors (Lipinski definition) is 2. The molecule has 0 saturated heterocycles. The second kappa shape index (κ2) is 7.03. The molecule has 0 fully saturated rings. The fourth-order valence-electron chi connectivity index (χ4n) is 1.51. The summed E-state index contributed by atoms with van der Waals surface area (Å²) in [6.07, 6.45) is 0.823. The number of amides is 2. The van der Waals surface area contributed by atoms with Gasteiger partial charge in [-0.05, 0) is 24.6 Å². The molecule has 0 aliphatic heterocycles. The van der Waals surface area contributed by atoms with Crippen molar-refractivity contribution in [2.45, 2.75) is 33.6 Å². The van der Waals surface area contributed by atoms with Gasteiger partial charge in [0.15, 0.2) is 0 Å². The molecule has 0 spiro atoms. The predicted molar refractivity (Wildman–Crippen MR) is 76.7 cm³/mol. The molecule has 0 radical (unpaired) electrons. The summed E-state index contributed by atoms with van der Waals surface area (Å²) < 4.78 is 12.9. The van der Waals surface area contributed by atoms with Crippen LogP contribution in [0.1, 0.15) is 33.6 Å². The van der Waals surface area contributed by atoms with Crippen molar-refractivity contribution in [2.24, 2.45) is 5.41 Å². The molecule has 0 atom stereocenters. The zero-order valence-electron chi connectivity index (χ0n) is 12.1. The molecule has 4 nitrogen and oxygen atoms in total. The van der Waals surface area contributed by atoms with Crippen molar-refractivity contribution in [1.29, 1.82) is 0 Å². The first-order valence-corrected chi connectivity index (χ1v) is 6.63. The number of halogens is 1. The van der Waals surface area contributed by atoms with Crippen LogP contribution in [0.25, 0.3) is 0 Å². The van der Waals surface area contributed by atoms with Crippen molar-refractivity contribution >= 4 is 17.5 Å². The molecule has 5 heteroatoms. The van der Waals surface area contributed by atoms with Crippen LogP contribution in [0.2, 0.25) is 0 Å². The van der Waals surface area contributed by atoms with E-state index in [0.29, 0.717) is 18.7 Å². The van der Waals surface area contributed by atoms with Crippen molar-refractivity contribution in [3.05, 3.63) is 30.1 Å². The Hall–Kier alpha value is -1.91. The van der Waals surface area contributed by atoms with Gasteiger partial charge in [-0.2, -0.15) is 0 Å². The Morgan fingerprint density at radius 3 is 2.55 bits per heavy atom. The summed E-state index contributed by atoms with van der Waals surface area (Å²) in [6, 6.07) is 5.74. The number of benzene rings is 1. The van der Waals surface area contributed by atoms with Crippen LogP contribution in [-0.2, 0) is 9.59 Å². The van der Waals surface area contributed by atoms with Crippen molar-refractivity contribution in [3.8, 4) is 0 Å². The second-order valence-electron chi connectivity index (χ2n) is 5.67. The van der Waals surface area contributed by atoms with E-state index in [-0.39, 0.29) is 24.1 Å². The molecule has 0 aliphatic rings. The highest BCUT2D eigenvalue weighted by atomic mass is 19.1. The number of anilines is 1. The third-order valence-electron chi connectivity index (χ3n) is 2.66. The minimum Gasteiger partial charge on any atom is -0.356 e. The molecule has 0 heterocycles. The van der Waals surface area contributed by atoms with E-state index in [9.17, 15) is 14.0 Å². The Morgan fingerprint density at radius 1 is 1.25 bits per heavy atom. The van der Waals surface area contributed by atoms with Crippen molar-refractivity contribution in [3.63, 3.8) is 0 Å². The van der Waals surface area contributed by atoms with E-state index in [0.717, 1.165) is 0 Å². The standard InChI is InChI=1S/C15H21FN2O2/c1-15(2,3)14(20)17-9-5-8-13(19)18-12-7-4-6-11(16)10-12/h4,6-7,10H,5,8-9H2,1-3H3,(H,17,20)(H,18,19). The second-order valence-corrected chi connectivity index (χ2v) is 5.67. The van der Waals surface area contributed by atoms with Crippen LogP contribution in [-0.4, -0.2) is 18.4 Å². The molecule has 1 aromatic carbocycles. The molecular weight excluding hydrogens is 259 g/mol. The van der Waals surface area contributed by atoms with Gasteiger partial charge in [-0.1, -0.05) is 26.8 Å². The quantitative estimate of drug-likeness (QED) is 0.815. The Kier molecular flexibility index (Phi) is 5.67. The van der Waals surface area contributed by atoms with Crippen LogP contribution in [0.15, 0.2) is 24.3 Å². The Balaban J connectivity index is 2.26. The molecule has 2 N–H and O–H groups in total. The monoisotopic (exact) mass is 280 g/mol. The molecule has 1 rings (SSSR count). The minimum absolute atomic E-state index is 0.0389. The highest BCUT2D eigenvalue weighted by Crippen LogP contribution is 2.12. The summed E-state index contributed by atoms with van der Waals surface area (Å²) in [7, 11) is 0. The fourth-order valence-corrected chi connectivity index (χ4v) is 1.51. The molecule has 1 aromatic rings. The lowest BCUT2D eigenvalue weighted by Crippen LogP contribution is -2.35. The van der Waals surface area contributed by atoms with Gasteiger partial charge >= 0.3 is 0 Å². The van der Waals surface area contributed by atoms with Crippen molar-refractivity contribution < 1.29 is 14.0 Å². The summed E-state index contributed by atoms with van der Waals surface area (Å²) in [6.45, 7) is 5.95. The summed E-state index contributed by atoms with van der Waals surface area (Å²) in [5.41, 5.74) is 0.0119. The average molecular weight is 280 g/mol. The van der Waals surface area contributed by atoms with Crippen molar-refractivity contribution in [1.82, 2.24) is 5.32 Å². The van der Waals surface area contributed by atoms with Gasteiger partial charge in [-0.25, -0.2) is 4.39 Å². The molecule has 0 unspecified atom stereocenters. The van der Waals surface area contributed by atoms with E-state index in [1.165, 1.54) is 18.2 Å². The van der Waals surface area contributed by atoms with Crippen molar-refractivity contribution in [2.75, 3.05) is 11.9 Å². The van der Waals surface area contributed by atoms with Crippen LogP contribution in [0.4, 0.5) is 10.1 Å². The first kappa shape index (κ1) is 16.1. The Bertz CT molecular complexity index is 481. The topological polar surface area (TPSA) is 58.2 Å². The lowest BCUT2D eigenvalue weighted by molar-refractivity contribution is -0.128. The number of carbonyl (C=O) groups is 2. The maximum Gasteiger partial charge on any atom is 0.225 e. The molecule has 0 bridgehead atoms. The zero-order valence-corrected chi connectivity index (χ0v) is 12.1. The van der Waals surface area contributed by atoms with E-state index in [2.05, 4.69) is 10.6 Å². The number of carbonyl (C=O) groups excluding carboxylic acids is 2. The van der Waals surface area contributed by atoms with E-state index >= 15 is 0 Å². The summed E-state index contributed by atoms with van der Waals surface area (Å²) in [5, 5.41) is 5.38. The maximum atomic E-state index is 12.9. The average Bonchev–Trinajstić information content (AvgIpc) is 2.33. The predicted octanol–water partition coefficient (Wildman–Crippen LogP) is 2.71. The maximum absolute atomic E-state index is 12.9. The largest absolute Gasteiger partial charge is 0.356 e. The van der Waals surface area contributed by atoms with Crippen LogP contribution >= 0.6 is 0 Å². The fraction of sp³-hybridized carbons (Fsp3) is 0.467. The minimum atomic E-state index is -0.427. The van der Waals surface area contributed by atoms with Gasteiger partial charge in [-0.3, -0.25) is 9.59 Å². The van der Waals surface area contributed by atoms with Crippen LogP contribution in [0.5, 0.6) is 0 Å². The SMILES string of the molecule is CC(C)(C)C(=O)NCCCC(=O)Nc1cccc(F)c1. The Labute approximate surface area is 118 Å². The van der Waals surface area contributed by atoms with Crippen LogP contribution in [0.3, 0.4) is 0 Å². The van der Waals surface area contributed by atoms with Gasteiger partial charge < -0.3 is 10.6 Å². The first-order valence-electron chi connectivity index (χ1n) is 6.63. The molecule has 2 amide bonds. The van der Waals surface area contributed by atoms with E-state index in [1.54, 1.807) is 6.07 Å². The Morgan fingerprint density at radius 2 is 1.95 bits per heavy atom. The smallest absolute Gasteiger partial charge is 0.225 e. The lowest BCUT2D eigenvalue weighted by atomic mass is 9.96. The third kappa shape index (κ3) is 5.82. The van der Waals surface area contributed by atoms with Gasteiger partial charge in [0, 0.05) is 24.1 Å². The molecular formula is C15H21FN2O2. The molecule has 0 saturated carbocycles. The lowest BCUT2D eigenvalue weighted by Gasteiger charge is -2.17.